The Bertz CT molecular complexity index is 582. The number of likely N-dealkylation sites (tertiary alicyclic amines) is 1. The number of aryl methyl sites for hydroxylation is 1. The molecule has 1 fully saturated rings. The highest BCUT2D eigenvalue weighted by molar-refractivity contribution is 5.94. The van der Waals surface area contributed by atoms with Crippen LogP contribution < -0.4 is 11.1 Å². The van der Waals surface area contributed by atoms with Gasteiger partial charge in [-0.2, -0.15) is 0 Å². The van der Waals surface area contributed by atoms with E-state index in [1.807, 2.05) is 56.9 Å². The van der Waals surface area contributed by atoms with Crippen LogP contribution in [0.15, 0.2) is 24.3 Å². The maximum absolute atomic E-state index is 12.4. The van der Waals surface area contributed by atoms with Gasteiger partial charge >= 0.3 is 0 Å². The molecule has 0 radical (unpaired) electrons. The fraction of sp³-hybridized carbons (Fsp3) is 0.579. The molecule has 0 spiro atoms. The summed E-state index contributed by atoms with van der Waals surface area (Å²) in [4.78, 5) is 26.5. The molecule has 0 saturated carbocycles. The molecular formula is C19H29N3O2. The molecule has 24 heavy (non-hydrogen) atoms. The SMILES string of the molecule is Cc1ccc(C(=O)NC2CCN(C(=O)[C@@H](N)C(C)(C)C)CC2)cc1. The van der Waals surface area contributed by atoms with Gasteiger partial charge in [0.1, 0.15) is 0 Å². The molecule has 0 aliphatic carbocycles. The van der Waals surface area contributed by atoms with Crippen molar-refractivity contribution in [3.63, 3.8) is 0 Å². The molecule has 1 aromatic carbocycles. The topological polar surface area (TPSA) is 75.4 Å². The quantitative estimate of drug-likeness (QED) is 0.890. The van der Waals surface area contributed by atoms with Crippen LogP contribution in [0, 0.1) is 12.3 Å². The van der Waals surface area contributed by atoms with Gasteiger partial charge in [0.15, 0.2) is 0 Å². The number of piperidine rings is 1. The zero-order valence-electron chi connectivity index (χ0n) is 15.1. The molecular weight excluding hydrogens is 302 g/mol. The fourth-order valence-electron chi connectivity index (χ4n) is 2.78. The Kier molecular flexibility index (Phi) is 5.65. The van der Waals surface area contributed by atoms with E-state index < -0.39 is 6.04 Å². The molecule has 1 atom stereocenters. The fourth-order valence-corrected chi connectivity index (χ4v) is 2.78. The molecule has 1 aliphatic rings. The Hall–Kier alpha value is -1.88. The largest absolute Gasteiger partial charge is 0.349 e. The number of nitrogens with two attached hydrogens (primary N) is 1. The first-order valence-corrected chi connectivity index (χ1v) is 8.60. The average molecular weight is 331 g/mol. The number of rotatable bonds is 3. The van der Waals surface area contributed by atoms with Gasteiger partial charge in [-0.1, -0.05) is 38.5 Å². The van der Waals surface area contributed by atoms with Gasteiger partial charge in [-0.15, -0.1) is 0 Å². The normalized spacial score (nSPS) is 17.5. The summed E-state index contributed by atoms with van der Waals surface area (Å²) in [6.07, 6.45) is 1.53. The second kappa shape index (κ2) is 7.34. The van der Waals surface area contributed by atoms with Crippen molar-refractivity contribution in [2.75, 3.05) is 13.1 Å². The molecule has 5 heteroatoms. The van der Waals surface area contributed by atoms with E-state index >= 15 is 0 Å². The second-order valence-electron chi connectivity index (χ2n) is 7.78. The molecule has 1 aromatic rings. The van der Waals surface area contributed by atoms with E-state index in [1.165, 1.54) is 0 Å². The van der Waals surface area contributed by atoms with Crippen molar-refractivity contribution < 1.29 is 9.59 Å². The number of hydrogen-bond acceptors (Lipinski definition) is 3. The van der Waals surface area contributed by atoms with E-state index in [-0.39, 0.29) is 23.3 Å². The van der Waals surface area contributed by atoms with Gasteiger partial charge in [-0.25, -0.2) is 0 Å². The highest BCUT2D eigenvalue weighted by atomic mass is 16.2. The minimum Gasteiger partial charge on any atom is -0.349 e. The molecule has 132 valence electrons. The molecule has 0 bridgehead atoms. The van der Waals surface area contributed by atoms with Crippen molar-refractivity contribution in [2.24, 2.45) is 11.1 Å². The summed E-state index contributed by atoms with van der Waals surface area (Å²) in [5, 5.41) is 3.07. The Labute approximate surface area is 144 Å². The Balaban J connectivity index is 1.85. The number of carbonyl (C=O) groups excluding carboxylic acids is 2. The molecule has 1 aliphatic heterocycles. The van der Waals surface area contributed by atoms with Crippen molar-refractivity contribution in [1.82, 2.24) is 10.2 Å². The first-order chi connectivity index (χ1) is 11.2. The molecule has 1 heterocycles. The number of nitrogens with zero attached hydrogens (tertiary/aromatic N) is 1. The van der Waals surface area contributed by atoms with Gasteiger partial charge in [-0.3, -0.25) is 9.59 Å². The predicted molar refractivity (Wildman–Crippen MR) is 95.7 cm³/mol. The van der Waals surface area contributed by atoms with Gasteiger partial charge in [0.05, 0.1) is 6.04 Å². The molecule has 0 aromatic heterocycles. The van der Waals surface area contributed by atoms with Crippen LogP contribution in [0.4, 0.5) is 0 Å². The summed E-state index contributed by atoms with van der Waals surface area (Å²) in [6, 6.07) is 7.16. The van der Waals surface area contributed by atoms with Crippen molar-refractivity contribution in [3.05, 3.63) is 35.4 Å². The summed E-state index contributed by atoms with van der Waals surface area (Å²) in [7, 11) is 0. The number of amides is 2. The lowest BCUT2D eigenvalue weighted by Crippen LogP contribution is -2.54. The van der Waals surface area contributed by atoms with Crippen LogP contribution in [0.1, 0.15) is 49.5 Å². The van der Waals surface area contributed by atoms with Gasteiger partial charge in [0, 0.05) is 24.7 Å². The van der Waals surface area contributed by atoms with E-state index in [1.54, 1.807) is 0 Å². The van der Waals surface area contributed by atoms with Gasteiger partial charge in [0.25, 0.3) is 5.91 Å². The lowest BCUT2D eigenvalue weighted by molar-refractivity contribution is -0.136. The van der Waals surface area contributed by atoms with Crippen LogP contribution >= 0.6 is 0 Å². The van der Waals surface area contributed by atoms with Crippen LogP contribution in [0.25, 0.3) is 0 Å². The van der Waals surface area contributed by atoms with E-state index in [0.717, 1.165) is 18.4 Å². The predicted octanol–water partition coefficient (Wildman–Crippen LogP) is 2.09. The minimum absolute atomic E-state index is 0.00538. The third kappa shape index (κ3) is 4.57. The Morgan fingerprint density at radius 3 is 2.21 bits per heavy atom. The molecule has 5 nitrogen and oxygen atoms in total. The van der Waals surface area contributed by atoms with Crippen LogP contribution in [0.5, 0.6) is 0 Å². The minimum atomic E-state index is -0.490. The van der Waals surface area contributed by atoms with E-state index in [2.05, 4.69) is 5.32 Å². The smallest absolute Gasteiger partial charge is 0.251 e. The Morgan fingerprint density at radius 1 is 1.17 bits per heavy atom. The number of carbonyl (C=O) groups is 2. The van der Waals surface area contributed by atoms with Crippen LogP contribution in [0.3, 0.4) is 0 Å². The first kappa shape index (κ1) is 18.5. The summed E-state index contributed by atoms with van der Waals surface area (Å²) in [6.45, 7) is 9.21. The third-order valence-corrected chi connectivity index (χ3v) is 4.65. The standard InChI is InChI=1S/C19H29N3O2/c1-13-5-7-14(8-6-13)17(23)21-15-9-11-22(12-10-15)18(24)16(20)19(2,3)4/h5-8,15-16H,9-12,20H2,1-4H3,(H,21,23)/t16-/m1/s1. The molecule has 2 amide bonds. The van der Waals surface area contributed by atoms with Crippen molar-refractivity contribution in [3.8, 4) is 0 Å². The highest BCUT2D eigenvalue weighted by Gasteiger charge is 2.33. The molecule has 2 rings (SSSR count). The zero-order valence-corrected chi connectivity index (χ0v) is 15.1. The summed E-state index contributed by atoms with van der Waals surface area (Å²) in [5.41, 5.74) is 7.63. The third-order valence-electron chi connectivity index (χ3n) is 4.65. The lowest BCUT2D eigenvalue weighted by atomic mass is 9.86. The summed E-state index contributed by atoms with van der Waals surface area (Å²) >= 11 is 0. The number of hydrogen-bond donors (Lipinski definition) is 2. The van der Waals surface area contributed by atoms with E-state index in [0.29, 0.717) is 18.7 Å². The Morgan fingerprint density at radius 2 is 1.71 bits per heavy atom. The maximum atomic E-state index is 12.4. The first-order valence-electron chi connectivity index (χ1n) is 8.60. The number of nitrogens with one attached hydrogen (secondary N) is 1. The van der Waals surface area contributed by atoms with Gasteiger partial charge < -0.3 is 16.0 Å². The maximum Gasteiger partial charge on any atom is 0.251 e. The van der Waals surface area contributed by atoms with Crippen molar-refractivity contribution in [1.29, 1.82) is 0 Å². The second-order valence-corrected chi connectivity index (χ2v) is 7.78. The van der Waals surface area contributed by atoms with Crippen LogP contribution in [0.2, 0.25) is 0 Å². The van der Waals surface area contributed by atoms with Crippen molar-refractivity contribution >= 4 is 11.8 Å². The van der Waals surface area contributed by atoms with Gasteiger partial charge in [0.2, 0.25) is 5.91 Å². The summed E-state index contributed by atoms with van der Waals surface area (Å²) in [5.74, 6) is -0.0445. The monoisotopic (exact) mass is 331 g/mol. The van der Waals surface area contributed by atoms with Crippen LogP contribution in [-0.4, -0.2) is 41.9 Å². The summed E-state index contributed by atoms with van der Waals surface area (Å²) < 4.78 is 0. The zero-order chi connectivity index (χ0) is 17.9. The van der Waals surface area contributed by atoms with Crippen LogP contribution in [-0.2, 0) is 4.79 Å². The molecule has 3 N–H and O–H groups in total. The van der Waals surface area contributed by atoms with Crippen molar-refractivity contribution in [2.45, 2.75) is 52.6 Å². The number of benzene rings is 1. The molecule has 1 saturated heterocycles. The molecule has 0 unspecified atom stereocenters. The highest BCUT2D eigenvalue weighted by Crippen LogP contribution is 2.21. The van der Waals surface area contributed by atoms with E-state index in [9.17, 15) is 9.59 Å². The van der Waals surface area contributed by atoms with Gasteiger partial charge in [-0.05, 0) is 37.3 Å². The lowest BCUT2D eigenvalue weighted by Gasteiger charge is -2.36. The van der Waals surface area contributed by atoms with E-state index in [4.69, 9.17) is 5.73 Å². The average Bonchev–Trinajstić information content (AvgIpc) is 2.54.